The third kappa shape index (κ3) is 8.47. The van der Waals surface area contributed by atoms with E-state index in [2.05, 4.69) is 16.4 Å². The molecule has 0 aliphatic rings. The summed E-state index contributed by atoms with van der Waals surface area (Å²) in [4.78, 5) is 22.7. The maximum atomic E-state index is 11.4. The molecule has 4 aromatic carbocycles. The lowest BCUT2D eigenvalue weighted by Crippen LogP contribution is -2.00. The van der Waals surface area contributed by atoms with Crippen LogP contribution in [-0.2, 0) is 9.47 Å². The SMILES string of the molecule is CCCOc1ccc(-c2ccc(C(=O)OC)cc2)cc1.CCOc1ccc(-c2ccc(C(=O)OC)cc2)cc1. The summed E-state index contributed by atoms with van der Waals surface area (Å²) in [7, 11) is 2.76. The van der Waals surface area contributed by atoms with Crippen molar-refractivity contribution in [3.63, 3.8) is 0 Å². The summed E-state index contributed by atoms with van der Waals surface area (Å²) in [6, 6.07) is 30.5. The lowest BCUT2D eigenvalue weighted by molar-refractivity contribution is 0.0592. The molecule has 0 radical (unpaired) electrons. The second kappa shape index (κ2) is 15.0. The molecule has 6 nitrogen and oxygen atoms in total. The second-order valence-corrected chi connectivity index (χ2v) is 8.47. The Morgan fingerprint density at radius 2 is 0.846 bits per heavy atom. The summed E-state index contributed by atoms with van der Waals surface area (Å²) in [5.41, 5.74) is 5.39. The van der Waals surface area contributed by atoms with Crippen molar-refractivity contribution in [1.29, 1.82) is 0 Å². The maximum absolute atomic E-state index is 11.4. The molecule has 0 bridgehead atoms. The van der Waals surface area contributed by atoms with Crippen LogP contribution in [-0.4, -0.2) is 39.4 Å². The highest BCUT2D eigenvalue weighted by molar-refractivity contribution is 5.90. The molecule has 0 N–H and O–H groups in total. The van der Waals surface area contributed by atoms with Crippen molar-refractivity contribution in [2.75, 3.05) is 27.4 Å². The van der Waals surface area contributed by atoms with Crippen molar-refractivity contribution in [1.82, 2.24) is 0 Å². The number of hydrogen-bond acceptors (Lipinski definition) is 6. The third-order valence-corrected chi connectivity index (χ3v) is 5.77. The van der Waals surface area contributed by atoms with Gasteiger partial charge in [-0.1, -0.05) is 55.5 Å². The molecular weight excluding hydrogens is 492 g/mol. The summed E-state index contributed by atoms with van der Waals surface area (Å²) in [6.45, 7) is 5.43. The van der Waals surface area contributed by atoms with Gasteiger partial charge in [0.15, 0.2) is 0 Å². The Kier molecular flexibility index (Phi) is 11.1. The average Bonchev–Trinajstić information content (AvgIpc) is 3.00. The van der Waals surface area contributed by atoms with Crippen molar-refractivity contribution in [2.45, 2.75) is 20.3 Å². The molecular formula is C33H34O6. The van der Waals surface area contributed by atoms with Crippen LogP contribution in [0, 0.1) is 0 Å². The van der Waals surface area contributed by atoms with Gasteiger partial charge >= 0.3 is 11.9 Å². The molecule has 0 aliphatic carbocycles. The Morgan fingerprint density at radius 3 is 1.15 bits per heavy atom. The van der Waals surface area contributed by atoms with Crippen LogP contribution < -0.4 is 9.47 Å². The molecule has 0 aromatic heterocycles. The Bertz CT molecular complexity index is 1310. The van der Waals surface area contributed by atoms with Crippen molar-refractivity contribution >= 4 is 11.9 Å². The monoisotopic (exact) mass is 526 g/mol. The first-order valence-electron chi connectivity index (χ1n) is 12.8. The van der Waals surface area contributed by atoms with Crippen molar-refractivity contribution in [2.24, 2.45) is 0 Å². The number of esters is 2. The summed E-state index contributed by atoms with van der Waals surface area (Å²) in [5, 5.41) is 0. The lowest BCUT2D eigenvalue weighted by atomic mass is 10.0. The maximum Gasteiger partial charge on any atom is 0.337 e. The molecule has 0 amide bonds. The molecule has 0 aliphatic heterocycles. The molecule has 4 rings (SSSR count). The zero-order chi connectivity index (χ0) is 28.0. The van der Waals surface area contributed by atoms with Gasteiger partial charge in [0.2, 0.25) is 0 Å². The molecule has 0 heterocycles. The van der Waals surface area contributed by atoms with Crippen LogP contribution >= 0.6 is 0 Å². The Labute approximate surface area is 230 Å². The number of ether oxygens (including phenoxy) is 4. The largest absolute Gasteiger partial charge is 0.494 e. The smallest absolute Gasteiger partial charge is 0.337 e. The molecule has 0 unspecified atom stereocenters. The molecule has 39 heavy (non-hydrogen) atoms. The van der Waals surface area contributed by atoms with E-state index < -0.39 is 0 Å². The molecule has 0 atom stereocenters. The van der Waals surface area contributed by atoms with E-state index in [1.165, 1.54) is 14.2 Å². The summed E-state index contributed by atoms with van der Waals surface area (Å²) in [5.74, 6) is 1.09. The summed E-state index contributed by atoms with van der Waals surface area (Å²) in [6.07, 6.45) is 0.997. The topological polar surface area (TPSA) is 71.1 Å². The molecule has 4 aromatic rings. The van der Waals surface area contributed by atoms with Crippen LogP contribution in [0.25, 0.3) is 22.3 Å². The predicted molar refractivity (Wildman–Crippen MR) is 153 cm³/mol. The molecule has 202 valence electrons. The van der Waals surface area contributed by atoms with E-state index in [9.17, 15) is 9.59 Å². The standard InChI is InChI=1S/C17H18O3.C16H16O3/c1-3-12-20-16-10-8-14(9-11-16)13-4-6-15(7-5-13)17(18)19-2;1-3-19-15-10-8-13(9-11-15)12-4-6-14(7-5-12)16(17)18-2/h4-11H,3,12H2,1-2H3;4-11H,3H2,1-2H3. The molecule has 0 saturated carbocycles. The van der Waals surface area contributed by atoms with Gasteiger partial charge in [0, 0.05) is 0 Å². The number of carbonyl (C=O) groups is 2. The van der Waals surface area contributed by atoms with Gasteiger partial charge < -0.3 is 18.9 Å². The third-order valence-electron chi connectivity index (χ3n) is 5.77. The quantitative estimate of drug-likeness (QED) is 0.211. The molecule has 6 heteroatoms. The second-order valence-electron chi connectivity index (χ2n) is 8.47. The fourth-order valence-corrected chi connectivity index (χ4v) is 3.71. The minimum Gasteiger partial charge on any atom is -0.494 e. The first-order valence-corrected chi connectivity index (χ1v) is 12.8. The fourth-order valence-electron chi connectivity index (χ4n) is 3.71. The lowest BCUT2D eigenvalue weighted by Gasteiger charge is -2.07. The first kappa shape index (κ1) is 29.0. The van der Waals surface area contributed by atoms with E-state index in [-0.39, 0.29) is 11.9 Å². The van der Waals surface area contributed by atoms with E-state index in [1.807, 2.05) is 79.7 Å². The van der Waals surface area contributed by atoms with Crippen LogP contribution in [0.15, 0.2) is 97.1 Å². The van der Waals surface area contributed by atoms with Gasteiger partial charge in [-0.3, -0.25) is 0 Å². The Hall–Kier alpha value is -4.58. The van der Waals surface area contributed by atoms with Crippen LogP contribution in [0.2, 0.25) is 0 Å². The predicted octanol–water partition coefficient (Wildman–Crippen LogP) is 7.47. The van der Waals surface area contributed by atoms with Crippen molar-refractivity contribution < 1.29 is 28.5 Å². The van der Waals surface area contributed by atoms with Crippen molar-refractivity contribution in [3.8, 4) is 33.8 Å². The first-order chi connectivity index (χ1) is 19.0. The highest BCUT2D eigenvalue weighted by Gasteiger charge is 2.06. The highest BCUT2D eigenvalue weighted by Crippen LogP contribution is 2.24. The van der Waals surface area contributed by atoms with E-state index >= 15 is 0 Å². The Balaban J connectivity index is 0.000000216. The van der Waals surface area contributed by atoms with Crippen LogP contribution in [0.1, 0.15) is 41.0 Å². The summed E-state index contributed by atoms with van der Waals surface area (Å²) >= 11 is 0. The normalized spacial score (nSPS) is 10.1. The average molecular weight is 527 g/mol. The Morgan fingerprint density at radius 1 is 0.513 bits per heavy atom. The van der Waals surface area contributed by atoms with E-state index in [0.717, 1.165) is 46.8 Å². The van der Waals surface area contributed by atoms with Crippen LogP contribution in [0.5, 0.6) is 11.5 Å². The number of methoxy groups -OCH3 is 2. The van der Waals surface area contributed by atoms with Crippen LogP contribution in [0.4, 0.5) is 0 Å². The van der Waals surface area contributed by atoms with Crippen molar-refractivity contribution in [3.05, 3.63) is 108 Å². The highest BCUT2D eigenvalue weighted by atomic mass is 16.5. The van der Waals surface area contributed by atoms with Gasteiger partial charge in [-0.15, -0.1) is 0 Å². The number of carbonyl (C=O) groups excluding carboxylic acids is 2. The minimum atomic E-state index is -0.321. The van der Waals surface area contributed by atoms with E-state index in [1.54, 1.807) is 24.3 Å². The van der Waals surface area contributed by atoms with Crippen LogP contribution in [0.3, 0.4) is 0 Å². The summed E-state index contributed by atoms with van der Waals surface area (Å²) < 4.78 is 20.3. The molecule has 0 fully saturated rings. The number of benzene rings is 4. The molecule has 0 spiro atoms. The van der Waals surface area contributed by atoms with Gasteiger partial charge in [0.25, 0.3) is 0 Å². The van der Waals surface area contributed by atoms with E-state index in [0.29, 0.717) is 17.7 Å². The zero-order valence-corrected chi connectivity index (χ0v) is 22.8. The zero-order valence-electron chi connectivity index (χ0n) is 22.8. The minimum absolute atomic E-state index is 0.320. The van der Waals surface area contributed by atoms with Gasteiger partial charge in [-0.05, 0) is 84.1 Å². The fraction of sp³-hybridized carbons (Fsp3) is 0.212. The van der Waals surface area contributed by atoms with E-state index in [4.69, 9.17) is 9.47 Å². The van der Waals surface area contributed by atoms with Gasteiger partial charge in [-0.2, -0.15) is 0 Å². The van der Waals surface area contributed by atoms with Gasteiger partial charge in [-0.25, -0.2) is 9.59 Å². The number of hydrogen-bond donors (Lipinski definition) is 0. The number of rotatable bonds is 9. The van der Waals surface area contributed by atoms with Gasteiger partial charge in [0.05, 0.1) is 38.6 Å². The van der Waals surface area contributed by atoms with Gasteiger partial charge in [0.1, 0.15) is 11.5 Å². The molecule has 0 saturated heterocycles.